The van der Waals surface area contributed by atoms with E-state index in [1.54, 1.807) is 6.92 Å². The molecule has 0 unspecified atom stereocenters. The molecule has 0 aliphatic rings. The summed E-state index contributed by atoms with van der Waals surface area (Å²) in [7, 11) is -2.69. The molecule has 0 saturated heterocycles. The largest absolute Gasteiger partial charge is 0.469 e. The number of aromatic nitrogens is 5. The molecule has 204 valence electrons. The first-order valence-corrected chi connectivity index (χ1v) is 14.3. The van der Waals surface area contributed by atoms with E-state index < -0.39 is 21.6 Å². The summed E-state index contributed by atoms with van der Waals surface area (Å²) in [6.07, 6.45) is -0.192. The monoisotopic (exact) mass is 597 g/mol. The quantitative estimate of drug-likeness (QED) is 0.201. The van der Waals surface area contributed by atoms with Gasteiger partial charge in [-0.15, -0.1) is 10.2 Å². The van der Waals surface area contributed by atoms with Crippen molar-refractivity contribution in [2.24, 2.45) is 4.99 Å². The number of carbonyl (C=O) groups excluding carboxylic acids is 1. The first-order chi connectivity index (χ1) is 19.1. The van der Waals surface area contributed by atoms with E-state index >= 15 is 0 Å². The standard InChI is InChI=1S/C25H20ClN7O5S2/c1-14(27-15-7-9-16(10-8-15)40(36,37)32-21-12-11-20(26)29-30-21)23-18(13-22(34)38-2)31-33(24(23)35)25-28-17-5-3-4-6-19(17)39-25/h3-12,31H,13H2,1-2H3,(H,30,32). The van der Waals surface area contributed by atoms with Gasteiger partial charge < -0.3 is 4.74 Å². The zero-order valence-corrected chi connectivity index (χ0v) is 23.3. The highest BCUT2D eigenvalue weighted by atomic mass is 35.5. The van der Waals surface area contributed by atoms with E-state index in [0.29, 0.717) is 22.2 Å². The molecule has 0 saturated carbocycles. The van der Waals surface area contributed by atoms with Crippen molar-refractivity contribution in [1.29, 1.82) is 0 Å². The van der Waals surface area contributed by atoms with E-state index in [2.05, 4.69) is 30.0 Å². The fraction of sp³-hybridized carbons (Fsp3) is 0.120. The molecule has 0 bridgehead atoms. The van der Waals surface area contributed by atoms with Crippen LogP contribution in [0.1, 0.15) is 18.2 Å². The Balaban J connectivity index is 1.47. The van der Waals surface area contributed by atoms with Gasteiger partial charge in [0, 0.05) is 0 Å². The van der Waals surface area contributed by atoms with Crippen LogP contribution in [-0.4, -0.2) is 52.2 Å². The van der Waals surface area contributed by atoms with Gasteiger partial charge in [-0.1, -0.05) is 35.1 Å². The minimum absolute atomic E-state index is 0.0114. The van der Waals surface area contributed by atoms with Crippen LogP contribution in [0.25, 0.3) is 15.3 Å². The Morgan fingerprint density at radius 2 is 1.88 bits per heavy atom. The van der Waals surface area contributed by atoms with Crippen LogP contribution in [0.4, 0.5) is 11.5 Å². The van der Waals surface area contributed by atoms with Gasteiger partial charge in [-0.05, 0) is 55.5 Å². The molecule has 2 N–H and O–H groups in total. The van der Waals surface area contributed by atoms with Crippen molar-refractivity contribution < 1.29 is 17.9 Å². The summed E-state index contributed by atoms with van der Waals surface area (Å²) in [4.78, 5) is 34.6. The topological polar surface area (TPSA) is 161 Å². The number of benzene rings is 2. The minimum atomic E-state index is -3.95. The molecule has 5 aromatic rings. The predicted octanol–water partition coefficient (Wildman–Crippen LogP) is 3.88. The first-order valence-electron chi connectivity index (χ1n) is 11.6. The summed E-state index contributed by atoms with van der Waals surface area (Å²) in [6, 6.07) is 16.0. The summed E-state index contributed by atoms with van der Waals surface area (Å²) in [5.74, 6) is -0.531. The van der Waals surface area contributed by atoms with E-state index in [1.165, 1.54) is 59.5 Å². The number of anilines is 1. The Bertz CT molecular complexity index is 1880. The van der Waals surface area contributed by atoms with Crippen LogP contribution in [0, 0.1) is 0 Å². The smallest absolute Gasteiger partial charge is 0.311 e. The minimum Gasteiger partial charge on any atom is -0.469 e. The van der Waals surface area contributed by atoms with E-state index in [0.717, 1.165) is 10.2 Å². The Hall–Kier alpha value is -4.40. The number of ether oxygens (including phenoxy) is 1. The van der Waals surface area contributed by atoms with Crippen LogP contribution < -0.4 is 10.3 Å². The van der Waals surface area contributed by atoms with Crippen molar-refractivity contribution in [3.05, 3.63) is 87.4 Å². The number of sulfonamides is 1. The molecule has 0 aliphatic carbocycles. The van der Waals surface area contributed by atoms with Crippen LogP contribution >= 0.6 is 22.9 Å². The third-order valence-electron chi connectivity index (χ3n) is 5.66. The van der Waals surface area contributed by atoms with E-state index in [4.69, 9.17) is 16.3 Å². The van der Waals surface area contributed by atoms with Crippen LogP contribution in [0.15, 0.2) is 75.3 Å². The average Bonchev–Trinajstić information content (AvgIpc) is 3.50. The molecule has 3 aromatic heterocycles. The normalized spacial score (nSPS) is 12.0. The Morgan fingerprint density at radius 3 is 2.55 bits per heavy atom. The highest BCUT2D eigenvalue weighted by Gasteiger charge is 2.22. The molecule has 0 aliphatic heterocycles. The number of halogens is 1. The number of nitrogens with one attached hydrogen (secondary N) is 2. The van der Waals surface area contributed by atoms with Gasteiger partial charge in [-0.25, -0.2) is 13.4 Å². The molecule has 15 heteroatoms. The van der Waals surface area contributed by atoms with E-state index in [9.17, 15) is 18.0 Å². The number of hydrogen-bond acceptors (Lipinski definition) is 10. The molecular formula is C25H20ClN7O5S2. The van der Waals surface area contributed by atoms with Crippen molar-refractivity contribution in [2.75, 3.05) is 11.8 Å². The Morgan fingerprint density at radius 1 is 1.12 bits per heavy atom. The molecule has 0 atom stereocenters. The van der Waals surface area contributed by atoms with Gasteiger partial charge in [-0.3, -0.25) is 24.4 Å². The van der Waals surface area contributed by atoms with Gasteiger partial charge in [0.1, 0.15) is 0 Å². The molecule has 12 nitrogen and oxygen atoms in total. The fourth-order valence-corrected chi connectivity index (χ4v) is 5.83. The van der Waals surface area contributed by atoms with Crippen LogP contribution in [0.2, 0.25) is 5.15 Å². The molecule has 0 spiro atoms. The maximum absolute atomic E-state index is 13.5. The number of hydrogen-bond donors (Lipinski definition) is 2. The maximum Gasteiger partial charge on any atom is 0.311 e. The van der Waals surface area contributed by atoms with Crippen molar-refractivity contribution >= 4 is 66.4 Å². The van der Waals surface area contributed by atoms with Gasteiger partial charge in [0.05, 0.1) is 51.3 Å². The second kappa shape index (κ2) is 11.0. The fourth-order valence-electron chi connectivity index (χ4n) is 3.81. The molecule has 3 heterocycles. The zero-order valence-electron chi connectivity index (χ0n) is 21.0. The number of aromatic amines is 1. The number of aliphatic imine (C=N–C) groups is 1. The van der Waals surface area contributed by atoms with Crippen LogP contribution in [0.3, 0.4) is 0 Å². The summed E-state index contributed by atoms with van der Waals surface area (Å²) < 4.78 is 34.7. The number of carbonyl (C=O) groups is 1. The van der Waals surface area contributed by atoms with E-state index in [-0.39, 0.29) is 27.9 Å². The van der Waals surface area contributed by atoms with Gasteiger partial charge in [0.15, 0.2) is 11.0 Å². The second-order valence-corrected chi connectivity index (χ2v) is 11.4. The number of nitrogens with zero attached hydrogens (tertiary/aromatic N) is 5. The molecule has 0 amide bonds. The Kier molecular flexibility index (Phi) is 7.47. The number of fused-ring (bicyclic) bond motifs is 1. The molecular weight excluding hydrogens is 578 g/mol. The summed E-state index contributed by atoms with van der Waals surface area (Å²) >= 11 is 7.01. The molecule has 0 radical (unpaired) electrons. The zero-order chi connectivity index (χ0) is 28.4. The molecule has 2 aromatic carbocycles. The van der Waals surface area contributed by atoms with Crippen molar-refractivity contribution in [1.82, 2.24) is 25.0 Å². The van der Waals surface area contributed by atoms with Gasteiger partial charge in [0.25, 0.3) is 15.6 Å². The second-order valence-electron chi connectivity index (χ2n) is 8.36. The summed E-state index contributed by atoms with van der Waals surface area (Å²) in [5, 5.41) is 10.8. The lowest BCUT2D eigenvalue weighted by atomic mass is 10.1. The SMILES string of the molecule is COC(=O)Cc1[nH]n(-c2nc3ccccc3s2)c(=O)c1C(C)=Nc1ccc(S(=O)(=O)Nc2ccc(Cl)nn2)cc1. The summed E-state index contributed by atoms with van der Waals surface area (Å²) in [5.41, 5.74) is 1.49. The number of para-hydroxylation sites is 1. The predicted molar refractivity (Wildman–Crippen MR) is 151 cm³/mol. The molecule has 5 rings (SSSR count). The third kappa shape index (κ3) is 5.64. The molecule has 40 heavy (non-hydrogen) atoms. The Labute approximate surface area is 236 Å². The van der Waals surface area contributed by atoms with Gasteiger partial charge in [-0.2, -0.15) is 4.68 Å². The lowest BCUT2D eigenvalue weighted by Crippen LogP contribution is -2.20. The third-order valence-corrected chi connectivity index (χ3v) is 8.26. The maximum atomic E-state index is 13.5. The molecule has 0 fully saturated rings. The van der Waals surface area contributed by atoms with Crippen LogP contribution in [0.5, 0.6) is 0 Å². The van der Waals surface area contributed by atoms with Crippen molar-refractivity contribution in [3.8, 4) is 5.13 Å². The average molecular weight is 598 g/mol. The summed E-state index contributed by atoms with van der Waals surface area (Å²) in [6.45, 7) is 1.62. The van der Waals surface area contributed by atoms with E-state index in [1.807, 2.05) is 24.3 Å². The van der Waals surface area contributed by atoms with Crippen molar-refractivity contribution in [3.63, 3.8) is 0 Å². The first kappa shape index (κ1) is 27.2. The number of methoxy groups -OCH3 is 1. The number of esters is 1. The lowest BCUT2D eigenvalue weighted by molar-refractivity contribution is -0.139. The van der Waals surface area contributed by atoms with Gasteiger partial charge >= 0.3 is 5.97 Å². The number of H-pyrrole nitrogens is 1. The number of thiazole rings is 1. The lowest BCUT2D eigenvalue weighted by Gasteiger charge is -2.07. The highest BCUT2D eigenvalue weighted by Crippen LogP contribution is 2.25. The number of rotatable bonds is 8. The van der Waals surface area contributed by atoms with Crippen LogP contribution in [-0.2, 0) is 26.0 Å². The van der Waals surface area contributed by atoms with Crippen molar-refractivity contribution in [2.45, 2.75) is 18.2 Å². The highest BCUT2D eigenvalue weighted by molar-refractivity contribution is 7.92. The van der Waals surface area contributed by atoms with Gasteiger partial charge in [0.2, 0.25) is 5.13 Å².